The molecule has 1 aromatic rings. The summed E-state index contributed by atoms with van der Waals surface area (Å²) < 4.78 is 5.65. The highest BCUT2D eigenvalue weighted by atomic mass is 16.5. The van der Waals surface area contributed by atoms with E-state index in [0.717, 1.165) is 30.9 Å². The number of anilines is 1. The second kappa shape index (κ2) is 5.24. The van der Waals surface area contributed by atoms with Gasteiger partial charge in [-0.15, -0.1) is 0 Å². The molecule has 1 saturated carbocycles. The van der Waals surface area contributed by atoms with Gasteiger partial charge >= 0.3 is 5.97 Å². The van der Waals surface area contributed by atoms with Crippen molar-refractivity contribution in [2.75, 3.05) is 5.32 Å². The number of para-hydroxylation sites is 1. The molecule has 0 amide bonds. The number of hydrogen-bond acceptors (Lipinski definition) is 3. The molecule has 0 saturated heterocycles. The molecule has 0 unspecified atom stereocenters. The Bertz CT molecular complexity index is 439. The highest BCUT2D eigenvalue weighted by molar-refractivity contribution is 5.83. The van der Waals surface area contributed by atoms with Gasteiger partial charge in [0.2, 0.25) is 0 Å². The average molecular weight is 259 g/mol. The van der Waals surface area contributed by atoms with Crippen LogP contribution in [0.5, 0.6) is 0 Å². The summed E-state index contributed by atoms with van der Waals surface area (Å²) in [6.45, 7) is 2.27. The molecule has 0 radical (unpaired) electrons. The zero-order valence-corrected chi connectivity index (χ0v) is 11.4. The van der Waals surface area contributed by atoms with Crippen molar-refractivity contribution in [3.8, 4) is 0 Å². The molecular formula is C16H21NO2. The van der Waals surface area contributed by atoms with Gasteiger partial charge < -0.3 is 10.1 Å². The van der Waals surface area contributed by atoms with E-state index in [1.54, 1.807) is 0 Å². The summed E-state index contributed by atoms with van der Waals surface area (Å²) in [5.41, 5.74) is 2.28. The Labute approximate surface area is 114 Å². The van der Waals surface area contributed by atoms with Gasteiger partial charge in [-0.1, -0.05) is 25.1 Å². The third-order valence-corrected chi connectivity index (χ3v) is 4.30. The Morgan fingerprint density at radius 1 is 1.21 bits per heavy atom. The van der Waals surface area contributed by atoms with E-state index in [1.807, 2.05) is 18.2 Å². The van der Waals surface area contributed by atoms with E-state index in [-0.39, 0.29) is 18.1 Å². The number of carbonyl (C=O) groups excluding carboxylic acids is 1. The molecule has 2 aliphatic rings. The molecule has 1 aliphatic heterocycles. The lowest BCUT2D eigenvalue weighted by Crippen LogP contribution is -2.33. The van der Waals surface area contributed by atoms with Gasteiger partial charge in [-0.05, 0) is 43.2 Å². The van der Waals surface area contributed by atoms with Crippen molar-refractivity contribution in [1.29, 1.82) is 0 Å². The predicted molar refractivity (Wildman–Crippen MR) is 75.1 cm³/mol. The molecule has 0 bridgehead atoms. The standard InChI is InChI=1S/C16H21NO2/c1-11-6-8-13(9-7-11)19-16(18)15-10-12-4-2-3-5-14(12)17-15/h2-5,11,13,15,17H,6-10H2,1H3/t11?,13?,15-/m0/s1. The van der Waals surface area contributed by atoms with Crippen molar-refractivity contribution in [1.82, 2.24) is 0 Å². The first-order valence-electron chi connectivity index (χ1n) is 7.27. The van der Waals surface area contributed by atoms with Crippen LogP contribution in [0.1, 0.15) is 38.2 Å². The van der Waals surface area contributed by atoms with Crippen molar-refractivity contribution in [2.24, 2.45) is 5.92 Å². The Balaban J connectivity index is 1.55. The van der Waals surface area contributed by atoms with Gasteiger partial charge in [0.15, 0.2) is 0 Å². The first-order valence-corrected chi connectivity index (χ1v) is 7.27. The van der Waals surface area contributed by atoms with E-state index in [9.17, 15) is 4.79 Å². The lowest BCUT2D eigenvalue weighted by Gasteiger charge is -2.27. The fourth-order valence-corrected chi connectivity index (χ4v) is 3.03. The number of rotatable bonds is 2. The second-order valence-corrected chi connectivity index (χ2v) is 5.88. The number of fused-ring (bicyclic) bond motifs is 1. The van der Waals surface area contributed by atoms with E-state index in [1.165, 1.54) is 18.4 Å². The highest BCUT2D eigenvalue weighted by Gasteiger charge is 2.30. The van der Waals surface area contributed by atoms with Gasteiger partial charge in [0.05, 0.1) is 0 Å². The lowest BCUT2D eigenvalue weighted by atomic mass is 9.89. The summed E-state index contributed by atoms with van der Waals surface area (Å²) in [7, 11) is 0. The Morgan fingerprint density at radius 3 is 2.68 bits per heavy atom. The highest BCUT2D eigenvalue weighted by Crippen LogP contribution is 2.28. The minimum absolute atomic E-state index is 0.0873. The maximum absolute atomic E-state index is 12.2. The molecule has 1 N–H and O–H groups in total. The third-order valence-electron chi connectivity index (χ3n) is 4.30. The topological polar surface area (TPSA) is 38.3 Å². The lowest BCUT2D eigenvalue weighted by molar-refractivity contribution is -0.151. The summed E-state index contributed by atoms with van der Waals surface area (Å²) >= 11 is 0. The number of esters is 1. The zero-order valence-electron chi connectivity index (χ0n) is 11.4. The summed E-state index contributed by atoms with van der Waals surface area (Å²) in [4.78, 5) is 12.2. The van der Waals surface area contributed by atoms with Gasteiger partial charge in [-0.3, -0.25) is 0 Å². The van der Waals surface area contributed by atoms with Gasteiger partial charge in [0.25, 0.3) is 0 Å². The zero-order chi connectivity index (χ0) is 13.2. The van der Waals surface area contributed by atoms with E-state index in [0.29, 0.717) is 0 Å². The summed E-state index contributed by atoms with van der Waals surface area (Å²) in [5.74, 6) is 0.694. The smallest absolute Gasteiger partial charge is 0.329 e. The fourth-order valence-electron chi connectivity index (χ4n) is 3.03. The van der Waals surface area contributed by atoms with Crippen LogP contribution in [0.4, 0.5) is 5.69 Å². The first-order chi connectivity index (χ1) is 9.22. The van der Waals surface area contributed by atoms with Gasteiger partial charge in [-0.2, -0.15) is 0 Å². The van der Waals surface area contributed by atoms with E-state index >= 15 is 0 Å². The quantitative estimate of drug-likeness (QED) is 0.829. The van der Waals surface area contributed by atoms with Crippen molar-refractivity contribution >= 4 is 11.7 Å². The maximum Gasteiger partial charge on any atom is 0.329 e. The number of nitrogens with one attached hydrogen (secondary N) is 1. The van der Waals surface area contributed by atoms with Gasteiger partial charge in [-0.25, -0.2) is 4.79 Å². The van der Waals surface area contributed by atoms with Crippen molar-refractivity contribution in [3.05, 3.63) is 29.8 Å². The summed E-state index contributed by atoms with van der Waals surface area (Å²) in [5, 5.41) is 3.26. The molecule has 3 rings (SSSR count). The monoisotopic (exact) mass is 259 g/mol. The summed E-state index contributed by atoms with van der Waals surface area (Å²) in [6.07, 6.45) is 5.28. The van der Waals surface area contributed by atoms with Crippen LogP contribution >= 0.6 is 0 Å². The molecular weight excluding hydrogens is 238 g/mol. The molecule has 0 spiro atoms. The fraction of sp³-hybridized carbons (Fsp3) is 0.562. The van der Waals surface area contributed by atoms with E-state index in [4.69, 9.17) is 4.74 Å². The number of benzene rings is 1. The van der Waals surface area contributed by atoms with E-state index < -0.39 is 0 Å². The Hall–Kier alpha value is -1.51. The first kappa shape index (κ1) is 12.5. The van der Waals surface area contributed by atoms with Crippen LogP contribution in [0, 0.1) is 5.92 Å². The van der Waals surface area contributed by atoms with Crippen LogP contribution in [0.3, 0.4) is 0 Å². The molecule has 0 aromatic heterocycles. The molecule has 1 aliphatic carbocycles. The van der Waals surface area contributed by atoms with Gasteiger partial charge in [0.1, 0.15) is 12.1 Å². The molecule has 1 fully saturated rings. The van der Waals surface area contributed by atoms with E-state index in [2.05, 4.69) is 18.3 Å². The van der Waals surface area contributed by atoms with Crippen LogP contribution in [0.25, 0.3) is 0 Å². The molecule has 1 atom stereocenters. The number of ether oxygens (including phenoxy) is 1. The van der Waals surface area contributed by atoms with Crippen LogP contribution in [-0.2, 0) is 16.0 Å². The van der Waals surface area contributed by atoms with Crippen molar-refractivity contribution in [3.63, 3.8) is 0 Å². The SMILES string of the molecule is CC1CCC(OC(=O)[C@@H]2Cc3ccccc3N2)CC1. The van der Waals surface area contributed by atoms with Crippen LogP contribution in [0.15, 0.2) is 24.3 Å². The Kier molecular flexibility index (Phi) is 3.45. The van der Waals surface area contributed by atoms with Gasteiger partial charge in [0, 0.05) is 12.1 Å². The Morgan fingerprint density at radius 2 is 1.95 bits per heavy atom. The molecule has 1 aromatic carbocycles. The molecule has 3 heteroatoms. The molecule has 19 heavy (non-hydrogen) atoms. The van der Waals surface area contributed by atoms with Crippen molar-refractivity contribution in [2.45, 2.75) is 51.2 Å². The maximum atomic E-state index is 12.2. The minimum Gasteiger partial charge on any atom is -0.461 e. The van der Waals surface area contributed by atoms with Crippen LogP contribution < -0.4 is 5.32 Å². The normalized spacial score (nSPS) is 29.4. The minimum atomic E-state index is -0.197. The largest absolute Gasteiger partial charge is 0.461 e. The third kappa shape index (κ3) is 2.75. The molecule has 3 nitrogen and oxygen atoms in total. The average Bonchev–Trinajstić information content (AvgIpc) is 2.85. The van der Waals surface area contributed by atoms with Crippen LogP contribution in [-0.4, -0.2) is 18.1 Å². The second-order valence-electron chi connectivity index (χ2n) is 5.88. The van der Waals surface area contributed by atoms with Crippen LogP contribution in [0.2, 0.25) is 0 Å². The molecule has 1 heterocycles. The number of carbonyl (C=O) groups is 1. The predicted octanol–water partition coefficient (Wildman–Crippen LogP) is 3.15. The van der Waals surface area contributed by atoms with Crippen molar-refractivity contribution < 1.29 is 9.53 Å². The number of hydrogen-bond donors (Lipinski definition) is 1. The molecule has 102 valence electrons. The summed E-state index contributed by atoms with van der Waals surface area (Å²) in [6, 6.07) is 7.89.